The minimum atomic E-state index is -0.474. The van der Waals surface area contributed by atoms with Gasteiger partial charge in [-0.25, -0.2) is 0 Å². The van der Waals surface area contributed by atoms with Crippen LogP contribution in [0.1, 0.15) is 18.1 Å². The number of rotatable bonds is 6. The number of nitro groups is 1. The summed E-state index contributed by atoms with van der Waals surface area (Å²) in [4.78, 5) is 22.4. The summed E-state index contributed by atoms with van der Waals surface area (Å²) in [5.41, 5.74) is 1.92. The molecule has 0 aromatic heterocycles. The van der Waals surface area contributed by atoms with Gasteiger partial charge < -0.3 is 10.1 Å². The van der Waals surface area contributed by atoms with Gasteiger partial charge in [0.1, 0.15) is 5.75 Å². The van der Waals surface area contributed by atoms with Crippen LogP contribution in [-0.4, -0.2) is 17.4 Å². The molecule has 0 unspecified atom stereocenters. The highest BCUT2D eigenvalue weighted by Gasteiger charge is 2.14. The molecule has 2 rings (SSSR count). The average molecular weight is 314 g/mol. The quantitative estimate of drug-likeness (QED) is 0.653. The zero-order valence-corrected chi connectivity index (χ0v) is 13.0. The normalized spacial score (nSPS) is 10.2. The molecule has 0 fully saturated rings. The van der Waals surface area contributed by atoms with Crippen LogP contribution >= 0.6 is 0 Å². The van der Waals surface area contributed by atoms with Crippen molar-refractivity contribution in [1.82, 2.24) is 0 Å². The number of ether oxygens (including phenoxy) is 1. The first-order valence-corrected chi connectivity index (χ1v) is 7.27. The van der Waals surface area contributed by atoms with E-state index in [1.54, 1.807) is 19.1 Å². The number of anilines is 1. The van der Waals surface area contributed by atoms with Crippen molar-refractivity contribution in [2.45, 2.75) is 20.3 Å². The number of nitrogens with one attached hydrogen (secondary N) is 1. The van der Waals surface area contributed by atoms with Gasteiger partial charge >= 0.3 is 0 Å². The first kappa shape index (κ1) is 16.5. The standard InChI is InChI=1S/C17H18N2O4/c1-3-13-6-4-7-14(10-13)23-11-17(20)18-15-8-5-9-16(12(15)2)19(21)22/h4-10H,3,11H2,1-2H3,(H,18,20). The topological polar surface area (TPSA) is 81.5 Å². The molecule has 0 aliphatic carbocycles. The predicted octanol–water partition coefficient (Wildman–Crippen LogP) is 3.48. The van der Waals surface area contributed by atoms with Crippen LogP contribution < -0.4 is 10.1 Å². The smallest absolute Gasteiger partial charge is 0.274 e. The fraction of sp³-hybridized carbons (Fsp3) is 0.235. The van der Waals surface area contributed by atoms with Gasteiger partial charge in [-0.05, 0) is 37.1 Å². The number of carbonyl (C=O) groups excluding carboxylic acids is 1. The minimum absolute atomic E-state index is 0.0284. The van der Waals surface area contributed by atoms with Gasteiger partial charge in [0.25, 0.3) is 11.6 Å². The number of benzene rings is 2. The minimum Gasteiger partial charge on any atom is -0.484 e. The Hall–Kier alpha value is -2.89. The Morgan fingerprint density at radius 3 is 2.70 bits per heavy atom. The Morgan fingerprint density at radius 2 is 2.00 bits per heavy atom. The van der Waals surface area contributed by atoms with Crippen molar-refractivity contribution in [3.63, 3.8) is 0 Å². The van der Waals surface area contributed by atoms with E-state index in [-0.39, 0.29) is 18.2 Å². The molecule has 1 amide bonds. The van der Waals surface area contributed by atoms with Gasteiger partial charge in [-0.1, -0.05) is 25.1 Å². The molecule has 0 radical (unpaired) electrons. The van der Waals surface area contributed by atoms with Gasteiger partial charge in [0.05, 0.1) is 16.2 Å². The third kappa shape index (κ3) is 4.29. The Morgan fingerprint density at radius 1 is 1.26 bits per heavy atom. The van der Waals surface area contributed by atoms with E-state index in [0.717, 1.165) is 12.0 Å². The Kier molecular flexibility index (Phi) is 5.30. The molecule has 0 aliphatic rings. The molecule has 23 heavy (non-hydrogen) atoms. The summed E-state index contributed by atoms with van der Waals surface area (Å²) in [5, 5.41) is 13.5. The summed E-state index contributed by atoms with van der Waals surface area (Å²) in [7, 11) is 0. The second-order valence-corrected chi connectivity index (χ2v) is 5.04. The third-order valence-corrected chi connectivity index (χ3v) is 3.45. The van der Waals surface area contributed by atoms with E-state index in [1.807, 2.05) is 25.1 Å². The van der Waals surface area contributed by atoms with Crippen molar-refractivity contribution in [1.29, 1.82) is 0 Å². The largest absolute Gasteiger partial charge is 0.484 e. The van der Waals surface area contributed by atoms with E-state index < -0.39 is 4.92 Å². The van der Waals surface area contributed by atoms with Crippen LogP contribution in [0.5, 0.6) is 5.75 Å². The summed E-state index contributed by atoms with van der Waals surface area (Å²) in [6.45, 7) is 3.48. The maximum Gasteiger partial charge on any atom is 0.274 e. The zero-order chi connectivity index (χ0) is 16.8. The molecule has 1 N–H and O–H groups in total. The van der Waals surface area contributed by atoms with Crippen molar-refractivity contribution < 1.29 is 14.5 Å². The van der Waals surface area contributed by atoms with Gasteiger partial charge in [-0.2, -0.15) is 0 Å². The highest BCUT2D eigenvalue weighted by atomic mass is 16.6. The SMILES string of the molecule is CCc1cccc(OCC(=O)Nc2cccc([N+](=O)[O-])c2C)c1. The van der Waals surface area contributed by atoms with Crippen LogP contribution in [0.4, 0.5) is 11.4 Å². The average Bonchev–Trinajstić information content (AvgIpc) is 2.55. The molecule has 2 aromatic rings. The molecule has 2 aromatic carbocycles. The number of aryl methyl sites for hydroxylation is 1. The Balaban J connectivity index is 2.00. The van der Waals surface area contributed by atoms with Crippen LogP contribution in [-0.2, 0) is 11.2 Å². The molecule has 0 saturated heterocycles. The highest BCUT2D eigenvalue weighted by Crippen LogP contribution is 2.25. The summed E-state index contributed by atoms with van der Waals surface area (Å²) >= 11 is 0. The molecule has 0 spiro atoms. The molecule has 120 valence electrons. The van der Waals surface area contributed by atoms with Gasteiger partial charge in [0, 0.05) is 6.07 Å². The van der Waals surface area contributed by atoms with Crippen molar-refractivity contribution >= 4 is 17.3 Å². The lowest BCUT2D eigenvalue weighted by Crippen LogP contribution is -2.20. The van der Waals surface area contributed by atoms with E-state index in [1.165, 1.54) is 12.1 Å². The van der Waals surface area contributed by atoms with Crippen LogP contribution in [0.15, 0.2) is 42.5 Å². The predicted molar refractivity (Wildman–Crippen MR) is 87.8 cm³/mol. The summed E-state index contributed by atoms with van der Waals surface area (Å²) in [6, 6.07) is 12.1. The third-order valence-electron chi connectivity index (χ3n) is 3.45. The summed E-state index contributed by atoms with van der Waals surface area (Å²) in [5.74, 6) is 0.255. The lowest BCUT2D eigenvalue weighted by molar-refractivity contribution is -0.385. The van der Waals surface area contributed by atoms with E-state index in [0.29, 0.717) is 17.0 Å². The zero-order valence-electron chi connectivity index (χ0n) is 13.0. The van der Waals surface area contributed by atoms with Crippen LogP contribution in [0.2, 0.25) is 0 Å². The highest BCUT2D eigenvalue weighted by molar-refractivity contribution is 5.93. The number of hydrogen-bond donors (Lipinski definition) is 1. The van der Waals surface area contributed by atoms with Crippen molar-refractivity contribution in [3.8, 4) is 5.75 Å². The van der Waals surface area contributed by atoms with Crippen LogP contribution in [0, 0.1) is 17.0 Å². The van der Waals surface area contributed by atoms with Gasteiger partial charge in [0.2, 0.25) is 0 Å². The lowest BCUT2D eigenvalue weighted by Gasteiger charge is -2.10. The summed E-state index contributed by atoms with van der Waals surface area (Å²) < 4.78 is 5.45. The van der Waals surface area contributed by atoms with E-state index in [2.05, 4.69) is 5.32 Å². The van der Waals surface area contributed by atoms with Gasteiger partial charge in [-0.15, -0.1) is 0 Å². The number of nitrogens with zero attached hydrogens (tertiary/aromatic N) is 1. The van der Waals surface area contributed by atoms with Crippen LogP contribution in [0.25, 0.3) is 0 Å². The number of carbonyl (C=O) groups is 1. The maximum atomic E-state index is 12.0. The molecule has 0 atom stereocenters. The molecular formula is C17H18N2O4. The Labute approximate surface area is 134 Å². The monoisotopic (exact) mass is 314 g/mol. The fourth-order valence-corrected chi connectivity index (χ4v) is 2.15. The molecule has 0 heterocycles. The second-order valence-electron chi connectivity index (χ2n) is 5.04. The number of nitro benzene ring substituents is 1. The van der Waals surface area contributed by atoms with Crippen molar-refractivity contribution in [2.75, 3.05) is 11.9 Å². The first-order valence-electron chi connectivity index (χ1n) is 7.27. The van der Waals surface area contributed by atoms with E-state index in [9.17, 15) is 14.9 Å². The second kappa shape index (κ2) is 7.40. The van der Waals surface area contributed by atoms with Gasteiger partial charge in [-0.3, -0.25) is 14.9 Å². The molecule has 6 nitrogen and oxygen atoms in total. The number of hydrogen-bond acceptors (Lipinski definition) is 4. The van der Waals surface area contributed by atoms with Crippen molar-refractivity contribution in [2.24, 2.45) is 0 Å². The first-order chi connectivity index (χ1) is 11.0. The number of amides is 1. The Bertz CT molecular complexity index is 728. The van der Waals surface area contributed by atoms with Gasteiger partial charge in [0.15, 0.2) is 6.61 Å². The van der Waals surface area contributed by atoms with E-state index >= 15 is 0 Å². The molecular weight excluding hydrogens is 296 g/mol. The maximum absolute atomic E-state index is 12.0. The van der Waals surface area contributed by atoms with Crippen LogP contribution in [0.3, 0.4) is 0 Å². The molecule has 0 saturated carbocycles. The molecule has 0 aliphatic heterocycles. The van der Waals surface area contributed by atoms with Crippen molar-refractivity contribution in [3.05, 3.63) is 63.7 Å². The molecule has 0 bridgehead atoms. The van der Waals surface area contributed by atoms with E-state index in [4.69, 9.17) is 4.74 Å². The fourth-order valence-electron chi connectivity index (χ4n) is 2.15. The molecule has 6 heteroatoms. The lowest BCUT2D eigenvalue weighted by atomic mass is 10.1. The summed E-state index contributed by atoms with van der Waals surface area (Å²) in [6.07, 6.45) is 0.885.